The zero-order valence-corrected chi connectivity index (χ0v) is 15.7. The fraction of sp³-hybridized carbons (Fsp3) is 0.412. The predicted octanol–water partition coefficient (Wildman–Crippen LogP) is 1.61. The van der Waals surface area contributed by atoms with Crippen LogP contribution in [0, 0.1) is 6.92 Å². The van der Waals surface area contributed by atoms with Crippen LogP contribution < -0.4 is 9.64 Å². The maximum absolute atomic E-state index is 13.0. The predicted molar refractivity (Wildman–Crippen MR) is 95.4 cm³/mol. The molecule has 1 aliphatic heterocycles. The topological polar surface area (TPSA) is 75.6 Å². The molecule has 2 aromatic rings. The highest BCUT2D eigenvalue weighted by atomic mass is 32.2. The van der Waals surface area contributed by atoms with Crippen LogP contribution in [0.15, 0.2) is 29.4 Å². The molecule has 0 fully saturated rings. The Hall–Kier alpha value is -2.19. The summed E-state index contributed by atoms with van der Waals surface area (Å²) in [5, 5.41) is 0. The third-order valence-electron chi connectivity index (χ3n) is 4.38. The zero-order valence-electron chi connectivity index (χ0n) is 14.9. The summed E-state index contributed by atoms with van der Waals surface area (Å²) in [4.78, 5) is 10.8. The minimum absolute atomic E-state index is 0.256. The van der Waals surface area contributed by atoms with Crippen LogP contribution >= 0.6 is 0 Å². The van der Waals surface area contributed by atoms with E-state index in [4.69, 9.17) is 4.74 Å². The van der Waals surface area contributed by atoms with Gasteiger partial charge in [0.15, 0.2) is 0 Å². The van der Waals surface area contributed by atoms with Crippen molar-refractivity contribution in [1.82, 2.24) is 14.3 Å². The minimum atomic E-state index is -3.58. The van der Waals surface area contributed by atoms with E-state index in [0.717, 1.165) is 22.6 Å². The number of nitrogens with zero attached hydrogens (tertiary/aromatic N) is 4. The summed E-state index contributed by atoms with van der Waals surface area (Å²) >= 11 is 0. The van der Waals surface area contributed by atoms with E-state index in [2.05, 4.69) is 9.97 Å². The fourth-order valence-corrected chi connectivity index (χ4v) is 4.55. The first kappa shape index (κ1) is 17.6. The average molecular weight is 362 g/mol. The Bertz CT molecular complexity index is 897. The van der Waals surface area contributed by atoms with E-state index in [1.807, 2.05) is 25.9 Å². The van der Waals surface area contributed by atoms with E-state index < -0.39 is 10.0 Å². The summed E-state index contributed by atoms with van der Waals surface area (Å²) in [5.41, 5.74) is 2.57. The summed E-state index contributed by atoms with van der Waals surface area (Å²) in [6.45, 7) is 2.50. The minimum Gasteiger partial charge on any atom is -0.496 e. The molecule has 1 aliphatic rings. The third kappa shape index (κ3) is 3.19. The summed E-state index contributed by atoms with van der Waals surface area (Å²) in [5.74, 6) is 1.52. The molecule has 0 spiro atoms. The first-order valence-electron chi connectivity index (χ1n) is 7.99. The highest BCUT2D eigenvalue weighted by Crippen LogP contribution is 2.29. The molecule has 25 heavy (non-hydrogen) atoms. The molecule has 134 valence electrons. The van der Waals surface area contributed by atoms with Gasteiger partial charge in [0, 0.05) is 26.2 Å². The molecule has 0 unspecified atom stereocenters. The first-order valence-corrected chi connectivity index (χ1v) is 9.43. The molecule has 0 aliphatic carbocycles. The Morgan fingerprint density at radius 1 is 1.24 bits per heavy atom. The van der Waals surface area contributed by atoms with Gasteiger partial charge < -0.3 is 9.64 Å². The number of hydrogen-bond acceptors (Lipinski definition) is 6. The Morgan fingerprint density at radius 2 is 2.00 bits per heavy atom. The second kappa shape index (κ2) is 6.61. The quantitative estimate of drug-likeness (QED) is 0.822. The monoisotopic (exact) mass is 362 g/mol. The summed E-state index contributed by atoms with van der Waals surface area (Å²) in [6.07, 6.45) is 2.08. The Balaban J connectivity index is 1.93. The maximum atomic E-state index is 13.0. The smallest absolute Gasteiger partial charge is 0.243 e. The molecule has 0 bridgehead atoms. The molecule has 0 saturated heterocycles. The van der Waals surface area contributed by atoms with Crippen LogP contribution in [-0.4, -0.2) is 50.4 Å². The molecule has 8 heteroatoms. The highest BCUT2D eigenvalue weighted by Gasteiger charge is 2.31. The van der Waals surface area contributed by atoms with Crippen LogP contribution in [0.3, 0.4) is 0 Å². The molecule has 1 aromatic heterocycles. The molecule has 7 nitrogen and oxygen atoms in total. The van der Waals surface area contributed by atoms with Gasteiger partial charge in [0.25, 0.3) is 0 Å². The van der Waals surface area contributed by atoms with Crippen molar-refractivity contribution in [3.05, 3.63) is 41.3 Å². The van der Waals surface area contributed by atoms with Gasteiger partial charge in [-0.2, -0.15) is 4.31 Å². The van der Waals surface area contributed by atoms with Crippen LogP contribution in [0.4, 0.5) is 5.82 Å². The van der Waals surface area contributed by atoms with Crippen molar-refractivity contribution < 1.29 is 13.2 Å². The van der Waals surface area contributed by atoms with Gasteiger partial charge in [-0.15, -0.1) is 0 Å². The second-order valence-electron chi connectivity index (χ2n) is 6.24. The van der Waals surface area contributed by atoms with Gasteiger partial charge in [-0.05, 0) is 37.1 Å². The van der Waals surface area contributed by atoms with Crippen molar-refractivity contribution in [2.75, 3.05) is 32.6 Å². The summed E-state index contributed by atoms with van der Waals surface area (Å²) in [6, 6.07) is 4.92. The number of anilines is 1. The standard InChI is InChI=1S/C17H22N4O3S/c1-12-9-13(5-6-16(12)24-4)25(22,23)21-8-7-14-15(10-21)18-11-19-17(14)20(2)3/h5-6,9,11H,7-8,10H2,1-4H3. The molecule has 0 amide bonds. The van der Waals surface area contributed by atoms with E-state index in [1.54, 1.807) is 25.3 Å². The van der Waals surface area contributed by atoms with Crippen LogP contribution in [0.1, 0.15) is 16.8 Å². The van der Waals surface area contributed by atoms with E-state index in [1.165, 1.54) is 10.6 Å². The van der Waals surface area contributed by atoms with Gasteiger partial charge in [-0.1, -0.05) is 0 Å². The number of aromatic nitrogens is 2. The molecule has 3 rings (SSSR count). The lowest BCUT2D eigenvalue weighted by Crippen LogP contribution is -2.37. The number of rotatable bonds is 4. The number of fused-ring (bicyclic) bond motifs is 1. The molecular weight excluding hydrogens is 340 g/mol. The van der Waals surface area contributed by atoms with Gasteiger partial charge in [-0.25, -0.2) is 18.4 Å². The number of ether oxygens (including phenoxy) is 1. The molecular formula is C17H22N4O3S. The molecule has 1 aromatic carbocycles. The normalized spacial score (nSPS) is 14.9. The van der Waals surface area contributed by atoms with Gasteiger partial charge in [0.05, 0.1) is 24.2 Å². The van der Waals surface area contributed by atoms with E-state index >= 15 is 0 Å². The van der Waals surface area contributed by atoms with Crippen LogP contribution in [0.25, 0.3) is 0 Å². The molecule has 2 heterocycles. The van der Waals surface area contributed by atoms with E-state index in [-0.39, 0.29) is 11.4 Å². The number of methoxy groups -OCH3 is 1. The van der Waals surface area contributed by atoms with Gasteiger partial charge in [0.2, 0.25) is 10.0 Å². The van der Waals surface area contributed by atoms with Gasteiger partial charge in [0.1, 0.15) is 17.9 Å². The van der Waals surface area contributed by atoms with Crippen molar-refractivity contribution >= 4 is 15.8 Å². The second-order valence-corrected chi connectivity index (χ2v) is 8.17. The third-order valence-corrected chi connectivity index (χ3v) is 6.22. The van der Waals surface area contributed by atoms with E-state index in [9.17, 15) is 8.42 Å². The molecule has 0 radical (unpaired) electrons. The number of sulfonamides is 1. The zero-order chi connectivity index (χ0) is 18.2. The van der Waals surface area contributed by atoms with Crippen molar-refractivity contribution in [1.29, 1.82) is 0 Å². The highest BCUT2D eigenvalue weighted by molar-refractivity contribution is 7.89. The Kier molecular flexibility index (Phi) is 4.66. The summed E-state index contributed by atoms with van der Waals surface area (Å²) < 4.78 is 32.7. The number of aryl methyl sites for hydroxylation is 1. The fourth-order valence-electron chi connectivity index (χ4n) is 3.06. The van der Waals surface area contributed by atoms with Crippen LogP contribution in [0.2, 0.25) is 0 Å². The largest absolute Gasteiger partial charge is 0.496 e. The van der Waals surface area contributed by atoms with E-state index in [0.29, 0.717) is 18.7 Å². The Labute approximate surface area is 148 Å². The van der Waals surface area contributed by atoms with Crippen LogP contribution in [0.5, 0.6) is 5.75 Å². The lowest BCUT2D eigenvalue weighted by atomic mass is 10.1. The van der Waals surface area contributed by atoms with Gasteiger partial charge in [-0.3, -0.25) is 0 Å². The lowest BCUT2D eigenvalue weighted by Gasteiger charge is -2.29. The van der Waals surface area contributed by atoms with Crippen molar-refractivity contribution in [2.24, 2.45) is 0 Å². The van der Waals surface area contributed by atoms with Crippen molar-refractivity contribution in [3.63, 3.8) is 0 Å². The van der Waals surface area contributed by atoms with Gasteiger partial charge >= 0.3 is 0 Å². The maximum Gasteiger partial charge on any atom is 0.243 e. The lowest BCUT2D eigenvalue weighted by molar-refractivity contribution is 0.384. The molecule has 0 N–H and O–H groups in total. The molecule has 0 atom stereocenters. The van der Waals surface area contributed by atoms with Crippen molar-refractivity contribution in [2.45, 2.75) is 24.8 Å². The molecule has 0 saturated carbocycles. The number of benzene rings is 1. The SMILES string of the molecule is COc1ccc(S(=O)(=O)N2CCc3c(ncnc3N(C)C)C2)cc1C. The first-order chi connectivity index (χ1) is 11.8. The summed E-state index contributed by atoms with van der Waals surface area (Å²) in [7, 11) is 1.83. The van der Waals surface area contributed by atoms with Crippen LogP contribution in [-0.2, 0) is 23.0 Å². The average Bonchev–Trinajstić information content (AvgIpc) is 2.60. The van der Waals surface area contributed by atoms with Crippen molar-refractivity contribution in [3.8, 4) is 5.75 Å². The number of hydrogen-bond donors (Lipinski definition) is 0. The Morgan fingerprint density at radius 3 is 2.64 bits per heavy atom.